The van der Waals surface area contributed by atoms with Gasteiger partial charge in [-0.2, -0.15) is 10.2 Å². The Balaban J connectivity index is 1.71. The Hall–Kier alpha value is -2.99. The summed E-state index contributed by atoms with van der Waals surface area (Å²) >= 11 is 6.40. The topological polar surface area (TPSA) is 72.2 Å². The molecule has 0 saturated carbocycles. The van der Waals surface area contributed by atoms with E-state index in [-0.39, 0.29) is 5.91 Å². The highest BCUT2D eigenvalue weighted by molar-refractivity contribution is 6.32. The number of aryl methyl sites for hydroxylation is 1. The van der Waals surface area contributed by atoms with Gasteiger partial charge in [0.15, 0.2) is 0 Å². The maximum Gasteiger partial charge on any atom is 0.271 e. The number of nitrogens with one attached hydrogen (secondary N) is 1. The van der Waals surface area contributed by atoms with Crippen molar-refractivity contribution in [2.75, 3.05) is 0 Å². The van der Waals surface area contributed by atoms with Gasteiger partial charge in [0.05, 0.1) is 24.0 Å². The minimum atomic E-state index is -0.316. The Morgan fingerprint density at radius 2 is 1.96 bits per heavy atom. The third-order valence-electron chi connectivity index (χ3n) is 3.59. The number of pyridine rings is 1. The van der Waals surface area contributed by atoms with Crippen LogP contribution in [-0.2, 0) is 6.54 Å². The lowest BCUT2D eigenvalue weighted by atomic mass is 10.2. The number of rotatable bonds is 5. The van der Waals surface area contributed by atoms with Gasteiger partial charge in [-0.25, -0.2) is 10.1 Å². The van der Waals surface area contributed by atoms with Gasteiger partial charge in [0.1, 0.15) is 5.15 Å². The molecule has 25 heavy (non-hydrogen) atoms. The molecule has 0 aliphatic carbocycles. The molecule has 1 N–H and O–H groups in total. The zero-order valence-corrected chi connectivity index (χ0v) is 14.3. The Labute approximate surface area is 150 Å². The Morgan fingerprint density at radius 3 is 2.68 bits per heavy atom. The number of nitrogens with zero attached hydrogens (tertiary/aromatic N) is 4. The minimum absolute atomic E-state index is 0.316. The van der Waals surface area contributed by atoms with Crippen molar-refractivity contribution in [3.05, 3.63) is 82.4 Å². The van der Waals surface area contributed by atoms with Crippen LogP contribution in [0.1, 0.15) is 27.2 Å². The lowest BCUT2D eigenvalue weighted by molar-refractivity contribution is 0.0955. The van der Waals surface area contributed by atoms with Crippen LogP contribution in [0.2, 0.25) is 5.15 Å². The molecule has 2 aromatic heterocycles. The van der Waals surface area contributed by atoms with Crippen LogP contribution in [0, 0.1) is 6.92 Å². The first-order valence-corrected chi connectivity index (χ1v) is 8.03. The fraction of sp³-hybridized carbons (Fsp3) is 0.111. The molecule has 1 aromatic carbocycles. The maximum absolute atomic E-state index is 11.9. The van der Waals surface area contributed by atoms with Gasteiger partial charge < -0.3 is 0 Å². The third-order valence-corrected chi connectivity index (χ3v) is 3.99. The summed E-state index contributed by atoms with van der Waals surface area (Å²) < 4.78 is 1.71. The standard InChI is InChI=1S/C18H16ClN5O/c1-13-16(11-21-22-18(25)15-7-9-20-10-8-15)17(19)24(23-13)12-14-5-3-2-4-6-14/h2-11H,12H2,1H3,(H,22,25)/b21-11+. The summed E-state index contributed by atoms with van der Waals surface area (Å²) in [5.41, 5.74) is 5.46. The summed E-state index contributed by atoms with van der Waals surface area (Å²) in [5, 5.41) is 8.89. The first-order valence-electron chi connectivity index (χ1n) is 7.65. The van der Waals surface area contributed by atoms with Crippen LogP contribution in [0.3, 0.4) is 0 Å². The number of hydrogen-bond acceptors (Lipinski definition) is 4. The van der Waals surface area contributed by atoms with Gasteiger partial charge in [0.25, 0.3) is 5.91 Å². The molecule has 0 unspecified atom stereocenters. The highest BCUT2D eigenvalue weighted by Gasteiger charge is 2.12. The van der Waals surface area contributed by atoms with Crippen LogP contribution in [0.5, 0.6) is 0 Å². The average Bonchev–Trinajstić information content (AvgIpc) is 2.90. The fourth-order valence-corrected chi connectivity index (χ4v) is 2.58. The SMILES string of the molecule is Cc1nn(Cc2ccccc2)c(Cl)c1/C=N/NC(=O)c1ccncc1. The molecule has 0 spiro atoms. The quantitative estimate of drug-likeness (QED) is 0.566. The maximum atomic E-state index is 11.9. The second-order valence-corrected chi connectivity index (χ2v) is 5.73. The van der Waals surface area contributed by atoms with Crippen molar-refractivity contribution in [1.29, 1.82) is 0 Å². The molecule has 1 amide bonds. The largest absolute Gasteiger partial charge is 0.271 e. The number of hydrazone groups is 1. The third kappa shape index (κ3) is 4.10. The van der Waals surface area contributed by atoms with E-state index >= 15 is 0 Å². The van der Waals surface area contributed by atoms with Gasteiger partial charge in [0, 0.05) is 18.0 Å². The van der Waals surface area contributed by atoms with Crippen molar-refractivity contribution in [2.24, 2.45) is 5.10 Å². The summed E-state index contributed by atoms with van der Waals surface area (Å²) in [7, 11) is 0. The van der Waals surface area contributed by atoms with E-state index in [4.69, 9.17) is 11.6 Å². The van der Waals surface area contributed by atoms with E-state index in [1.54, 1.807) is 29.2 Å². The first-order chi connectivity index (χ1) is 12.1. The number of carbonyl (C=O) groups is 1. The van der Waals surface area contributed by atoms with Crippen molar-refractivity contribution in [1.82, 2.24) is 20.2 Å². The number of amides is 1. The normalized spacial score (nSPS) is 11.0. The van der Waals surface area contributed by atoms with E-state index in [2.05, 4.69) is 20.6 Å². The van der Waals surface area contributed by atoms with Gasteiger partial charge in [0.2, 0.25) is 0 Å². The van der Waals surface area contributed by atoms with Gasteiger partial charge in [-0.3, -0.25) is 9.78 Å². The Bertz CT molecular complexity index is 891. The van der Waals surface area contributed by atoms with Crippen LogP contribution < -0.4 is 5.43 Å². The van der Waals surface area contributed by atoms with Crippen molar-refractivity contribution >= 4 is 23.7 Å². The highest BCUT2D eigenvalue weighted by atomic mass is 35.5. The minimum Gasteiger partial charge on any atom is -0.267 e. The fourth-order valence-electron chi connectivity index (χ4n) is 2.30. The molecule has 0 bridgehead atoms. The van der Waals surface area contributed by atoms with E-state index in [9.17, 15) is 4.79 Å². The van der Waals surface area contributed by atoms with Gasteiger partial charge in [-0.15, -0.1) is 0 Å². The zero-order valence-electron chi connectivity index (χ0n) is 13.6. The molecular weight excluding hydrogens is 338 g/mol. The Morgan fingerprint density at radius 1 is 1.24 bits per heavy atom. The highest BCUT2D eigenvalue weighted by Crippen LogP contribution is 2.19. The molecule has 7 heteroatoms. The zero-order chi connectivity index (χ0) is 17.6. The van der Waals surface area contributed by atoms with Crippen LogP contribution in [0.4, 0.5) is 0 Å². The predicted octanol–water partition coefficient (Wildman–Crippen LogP) is 3.05. The van der Waals surface area contributed by atoms with E-state index < -0.39 is 0 Å². The molecule has 0 aliphatic heterocycles. The molecule has 3 rings (SSSR count). The average molecular weight is 354 g/mol. The molecule has 126 valence electrons. The van der Waals surface area contributed by atoms with Gasteiger partial charge >= 0.3 is 0 Å². The van der Waals surface area contributed by atoms with Gasteiger partial charge in [-0.1, -0.05) is 41.9 Å². The monoisotopic (exact) mass is 353 g/mol. The molecule has 0 radical (unpaired) electrons. The molecule has 0 atom stereocenters. The summed E-state index contributed by atoms with van der Waals surface area (Å²) in [6.45, 7) is 2.41. The summed E-state index contributed by atoms with van der Waals surface area (Å²) in [5.74, 6) is -0.316. The van der Waals surface area contributed by atoms with Crippen molar-refractivity contribution in [3.63, 3.8) is 0 Å². The van der Waals surface area contributed by atoms with Crippen molar-refractivity contribution < 1.29 is 4.79 Å². The van der Waals surface area contributed by atoms with Gasteiger partial charge in [-0.05, 0) is 24.6 Å². The smallest absolute Gasteiger partial charge is 0.267 e. The van der Waals surface area contributed by atoms with Crippen LogP contribution in [-0.4, -0.2) is 26.9 Å². The number of carbonyl (C=O) groups excluding carboxylic acids is 1. The first kappa shape index (κ1) is 16.9. The number of benzene rings is 1. The van der Waals surface area contributed by atoms with Crippen molar-refractivity contribution in [2.45, 2.75) is 13.5 Å². The summed E-state index contributed by atoms with van der Waals surface area (Å²) in [6, 6.07) is 13.1. The lowest BCUT2D eigenvalue weighted by Gasteiger charge is -2.03. The number of hydrogen-bond donors (Lipinski definition) is 1. The number of aromatic nitrogens is 3. The van der Waals surface area contributed by atoms with E-state index in [1.165, 1.54) is 6.21 Å². The lowest BCUT2D eigenvalue weighted by Crippen LogP contribution is -2.17. The van der Waals surface area contributed by atoms with Crippen LogP contribution in [0.15, 0.2) is 60.0 Å². The van der Waals surface area contributed by atoms with E-state index in [1.807, 2.05) is 37.3 Å². The molecule has 0 aliphatic rings. The van der Waals surface area contributed by atoms with E-state index in [0.717, 1.165) is 11.3 Å². The second-order valence-electron chi connectivity index (χ2n) is 5.37. The predicted molar refractivity (Wildman–Crippen MR) is 96.8 cm³/mol. The summed E-state index contributed by atoms with van der Waals surface area (Å²) in [6.07, 6.45) is 4.60. The molecule has 3 aromatic rings. The van der Waals surface area contributed by atoms with Crippen LogP contribution >= 0.6 is 11.6 Å². The molecular formula is C18H16ClN5O. The molecule has 6 nitrogen and oxygen atoms in total. The van der Waals surface area contributed by atoms with E-state index in [0.29, 0.717) is 22.8 Å². The number of halogens is 1. The molecule has 0 fully saturated rings. The second kappa shape index (κ2) is 7.72. The summed E-state index contributed by atoms with van der Waals surface area (Å²) in [4.78, 5) is 15.8. The Kier molecular flexibility index (Phi) is 5.20. The molecule has 0 saturated heterocycles. The van der Waals surface area contributed by atoms with Crippen LogP contribution in [0.25, 0.3) is 0 Å². The van der Waals surface area contributed by atoms with Crippen molar-refractivity contribution in [3.8, 4) is 0 Å². The molecule has 2 heterocycles.